The van der Waals surface area contributed by atoms with Crippen LogP contribution < -0.4 is 11.1 Å². The van der Waals surface area contributed by atoms with E-state index in [2.05, 4.69) is 15.3 Å². The Balaban J connectivity index is 1.78. The van der Waals surface area contributed by atoms with E-state index in [1.165, 1.54) is 17.3 Å². The molecular weight excluding hydrogens is 276 g/mol. The highest BCUT2D eigenvalue weighted by Crippen LogP contribution is 2.26. The van der Waals surface area contributed by atoms with Crippen LogP contribution in [0.4, 0.5) is 11.5 Å². The molecular formula is C13H16N4S2. The second-order valence-electron chi connectivity index (χ2n) is 4.45. The molecule has 1 aromatic carbocycles. The average molecular weight is 292 g/mol. The summed E-state index contributed by atoms with van der Waals surface area (Å²) in [5.74, 6) is 4.61. The van der Waals surface area contributed by atoms with Crippen molar-refractivity contribution in [2.45, 2.75) is 5.25 Å². The van der Waals surface area contributed by atoms with Crippen molar-refractivity contribution in [3.05, 3.63) is 24.5 Å². The van der Waals surface area contributed by atoms with Crippen molar-refractivity contribution in [2.75, 3.05) is 34.9 Å². The van der Waals surface area contributed by atoms with Gasteiger partial charge in [0.2, 0.25) is 0 Å². The van der Waals surface area contributed by atoms with Gasteiger partial charge in [-0.25, -0.2) is 9.97 Å². The summed E-state index contributed by atoms with van der Waals surface area (Å²) < 4.78 is 0. The highest BCUT2D eigenvalue weighted by Gasteiger charge is 2.14. The number of aromatic nitrogens is 2. The van der Waals surface area contributed by atoms with Gasteiger partial charge in [-0.15, -0.1) is 0 Å². The lowest BCUT2D eigenvalue weighted by Crippen LogP contribution is -2.23. The van der Waals surface area contributed by atoms with E-state index in [9.17, 15) is 0 Å². The van der Waals surface area contributed by atoms with Gasteiger partial charge in [-0.05, 0) is 18.2 Å². The molecule has 4 nitrogen and oxygen atoms in total. The van der Waals surface area contributed by atoms with E-state index in [0.29, 0.717) is 5.25 Å². The largest absolute Gasteiger partial charge is 0.399 e. The first-order valence-corrected chi connectivity index (χ1v) is 8.47. The van der Waals surface area contributed by atoms with Crippen molar-refractivity contribution in [3.63, 3.8) is 0 Å². The number of nitrogen functional groups attached to an aromatic ring is 1. The van der Waals surface area contributed by atoms with Crippen molar-refractivity contribution in [3.8, 4) is 0 Å². The fourth-order valence-corrected chi connectivity index (χ4v) is 4.69. The first-order chi connectivity index (χ1) is 9.33. The molecule has 0 saturated carbocycles. The molecule has 2 aromatic rings. The molecule has 100 valence electrons. The molecule has 19 heavy (non-hydrogen) atoms. The molecule has 1 aliphatic rings. The van der Waals surface area contributed by atoms with E-state index in [4.69, 9.17) is 5.73 Å². The number of hydrogen-bond acceptors (Lipinski definition) is 6. The van der Waals surface area contributed by atoms with Crippen molar-refractivity contribution in [1.29, 1.82) is 0 Å². The Kier molecular flexibility index (Phi) is 3.98. The maximum absolute atomic E-state index is 5.84. The lowest BCUT2D eigenvalue weighted by Gasteiger charge is -2.21. The predicted molar refractivity (Wildman–Crippen MR) is 86.0 cm³/mol. The number of nitrogens with zero attached hydrogens (tertiary/aromatic N) is 2. The molecule has 1 unspecified atom stereocenters. The Hall–Kier alpha value is -1.14. The van der Waals surface area contributed by atoms with Gasteiger partial charge in [-0.1, -0.05) is 0 Å². The SMILES string of the molecule is Nc1ccc2ncnc(NCC3CSCCS3)c2c1. The summed E-state index contributed by atoms with van der Waals surface area (Å²) in [7, 11) is 0. The third-order valence-corrected chi connectivity index (χ3v) is 5.89. The molecule has 3 N–H and O–H groups in total. The highest BCUT2D eigenvalue weighted by molar-refractivity contribution is 8.06. The molecule has 1 saturated heterocycles. The highest BCUT2D eigenvalue weighted by atomic mass is 32.2. The minimum absolute atomic E-state index is 0.657. The van der Waals surface area contributed by atoms with Crippen molar-refractivity contribution in [1.82, 2.24) is 9.97 Å². The number of hydrogen-bond donors (Lipinski definition) is 2. The van der Waals surface area contributed by atoms with E-state index in [0.717, 1.165) is 29.0 Å². The molecule has 2 heterocycles. The molecule has 1 aromatic heterocycles. The molecule has 0 aliphatic carbocycles. The molecule has 0 spiro atoms. The zero-order chi connectivity index (χ0) is 13.1. The van der Waals surface area contributed by atoms with Crippen LogP contribution in [0.3, 0.4) is 0 Å². The van der Waals surface area contributed by atoms with Crippen LogP contribution in [-0.2, 0) is 0 Å². The molecule has 3 rings (SSSR count). The summed E-state index contributed by atoms with van der Waals surface area (Å²) in [4.78, 5) is 8.60. The first kappa shape index (κ1) is 12.9. The summed E-state index contributed by atoms with van der Waals surface area (Å²) in [6.07, 6.45) is 1.60. The summed E-state index contributed by atoms with van der Waals surface area (Å²) >= 11 is 4.07. The lowest BCUT2D eigenvalue weighted by atomic mass is 10.2. The van der Waals surface area contributed by atoms with Crippen molar-refractivity contribution >= 4 is 45.9 Å². The van der Waals surface area contributed by atoms with Crippen LogP contribution in [0, 0.1) is 0 Å². The van der Waals surface area contributed by atoms with Crippen LogP contribution in [0.5, 0.6) is 0 Å². The number of rotatable bonds is 3. The third kappa shape index (κ3) is 3.06. The van der Waals surface area contributed by atoms with Crippen molar-refractivity contribution < 1.29 is 0 Å². The molecule has 0 radical (unpaired) electrons. The van der Waals surface area contributed by atoms with Crippen LogP contribution in [-0.4, -0.2) is 39.0 Å². The Morgan fingerprint density at radius 3 is 3.11 bits per heavy atom. The van der Waals surface area contributed by atoms with Crippen LogP contribution >= 0.6 is 23.5 Å². The van der Waals surface area contributed by atoms with Crippen molar-refractivity contribution in [2.24, 2.45) is 0 Å². The fourth-order valence-electron chi connectivity index (χ4n) is 2.08. The van der Waals surface area contributed by atoms with Crippen LogP contribution in [0.25, 0.3) is 10.9 Å². The number of nitrogens with two attached hydrogens (primary N) is 1. The monoisotopic (exact) mass is 292 g/mol. The van der Waals surface area contributed by atoms with Gasteiger partial charge in [-0.3, -0.25) is 0 Å². The van der Waals surface area contributed by atoms with Gasteiger partial charge >= 0.3 is 0 Å². The molecule has 1 aliphatic heterocycles. The number of thioether (sulfide) groups is 2. The van der Waals surface area contributed by atoms with Gasteiger partial charge < -0.3 is 11.1 Å². The van der Waals surface area contributed by atoms with Gasteiger partial charge in [0.25, 0.3) is 0 Å². The Morgan fingerprint density at radius 2 is 2.26 bits per heavy atom. The molecule has 1 atom stereocenters. The number of nitrogens with one attached hydrogen (secondary N) is 1. The minimum atomic E-state index is 0.657. The van der Waals surface area contributed by atoms with Gasteiger partial charge in [0.05, 0.1) is 5.52 Å². The van der Waals surface area contributed by atoms with Gasteiger partial charge in [0.15, 0.2) is 0 Å². The second kappa shape index (κ2) is 5.88. The zero-order valence-corrected chi connectivity index (χ0v) is 12.1. The molecule has 0 amide bonds. The molecule has 6 heteroatoms. The van der Waals surface area contributed by atoms with Gasteiger partial charge in [-0.2, -0.15) is 23.5 Å². The van der Waals surface area contributed by atoms with E-state index in [1.807, 2.05) is 41.7 Å². The minimum Gasteiger partial charge on any atom is -0.399 e. The smallest absolute Gasteiger partial charge is 0.137 e. The van der Waals surface area contributed by atoms with E-state index >= 15 is 0 Å². The van der Waals surface area contributed by atoms with Crippen LogP contribution in [0.15, 0.2) is 24.5 Å². The first-order valence-electron chi connectivity index (χ1n) is 6.26. The maximum atomic E-state index is 5.84. The van der Waals surface area contributed by atoms with Crippen LogP contribution in [0.1, 0.15) is 0 Å². The maximum Gasteiger partial charge on any atom is 0.137 e. The van der Waals surface area contributed by atoms with Crippen LogP contribution in [0.2, 0.25) is 0 Å². The number of fused-ring (bicyclic) bond motifs is 1. The lowest BCUT2D eigenvalue weighted by molar-refractivity contribution is 0.993. The number of benzene rings is 1. The predicted octanol–water partition coefficient (Wildman–Crippen LogP) is 2.47. The Morgan fingerprint density at radius 1 is 1.32 bits per heavy atom. The molecule has 1 fully saturated rings. The fraction of sp³-hybridized carbons (Fsp3) is 0.385. The van der Waals surface area contributed by atoms with E-state index in [-0.39, 0.29) is 0 Å². The average Bonchev–Trinajstić information content (AvgIpc) is 2.46. The van der Waals surface area contributed by atoms with Gasteiger partial charge in [0.1, 0.15) is 12.1 Å². The second-order valence-corrected chi connectivity index (χ2v) is 7.01. The van der Waals surface area contributed by atoms with Gasteiger partial charge in [0, 0.05) is 40.1 Å². The zero-order valence-electron chi connectivity index (χ0n) is 10.5. The Bertz CT molecular complexity index is 570. The standard InChI is InChI=1S/C13H16N4S2/c14-9-1-2-12-11(5-9)13(17-8-16-12)15-6-10-7-18-3-4-19-10/h1-2,5,8,10H,3-4,6-7,14H2,(H,15,16,17). The summed E-state index contributed by atoms with van der Waals surface area (Å²) in [6.45, 7) is 0.943. The topological polar surface area (TPSA) is 63.8 Å². The summed E-state index contributed by atoms with van der Waals surface area (Å²) in [5.41, 5.74) is 7.51. The quantitative estimate of drug-likeness (QED) is 0.847. The number of anilines is 2. The third-order valence-electron chi connectivity index (χ3n) is 3.04. The Labute approximate surface area is 121 Å². The normalized spacial score (nSPS) is 19.5. The van der Waals surface area contributed by atoms with E-state index < -0.39 is 0 Å². The summed E-state index contributed by atoms with van der Waals surface area (Å²) in [5, 5.41) is 5.10. The molecule has 0 bridgehead atoms. The summed E-state index contributed by atoms with van der Waals surface area (Å²) in [6, 6.07) is 5.73. The van der Waals surface area contributed by atoms with E-state index in [1.54, 1.807) is 6.33 Å².